The summed E-state index contributed by atoms with van der Waals surface area (Å²) < 4.78 is 33.2. The van der Waals surface area contributed by atoms with Crippen LogP contribution in [0.15, 0.2) is 52.9 Å². The number of carbonyl (C=O) groups excluding carboxylic acids is 2. The van der Waals surface area contributed by atoms with Gasteiger partial charge >= 0.3 is 0 Å². The Hall–Kier alpha value is -3.28. The zero-order valence-electron chi connectivity index (χ0n) is 16.5. The molecule has 3 aromatic rings. The van der Waals surface area contributed by atoms with Crippen LogP contribution in [0.3, 0.4) is 0 Å². The van der Waals surface area contributed by atoms with Crippen LogP contribution in [0.1, 0.15) is 62.2 Å². The number of fused-ring (bicyclic) bond motifs is 1. The molecule has 0 aliphatic heterocycles. The van der Waals surface area contributed by atoms with E-state index in [1.54, 1.807) is 31.2 Å². The number of aryl methyl sites for hydroxylation is 1. The lowest BCUT2D eigenvalue weighted by Gasteiger charge is -2.19. The molecule has 0 saturated heterocycles. The Balaban J connectivity index is 1.65. The van der Waals surface area contributed by atoms with Crippen LogP contribution in [-0.4, -0.2) is 11.7 Å². The lowest BCUT2D eigenvalue weighted by atomic mass is 9.94. The minimum absolute atomic E-state index is 0.0157. The van der Waals surface area contributed by atoms with Crippen LogP contribution >= 0.6 is 0 Å². The number of nitrogens with one attached hydrogen (secondary N) is 1. The number of Topliss-reactive ketones (excluding diaryl/α,β-unsaturated/α-hetero) is 1. The normalized spacial score (nSPS) is 14.3. The maximum absolute atomic E-state index is 13.8. The Morgan fingerprint density at radius 2 is 1.83 bits per heavy atom. The van der Waals surface area contributed by atoms with E-state index in [0.717, 1.165) is 0 Å². The standard InChI is InChI=1S/C24H21F2NO3/c1-14-22-20(28)9-4-10-21(22)30-23(14)24(29)27-19(16-6-3-8-18(26)13-16)12-15-5-2-7-17(25)11-15/h2-3,5-8,11,13,19H,4,9-10,12H2,1H3,(H,27,29). The molecule has 154 valence electrons. The first-order valence-corrected chi connectivity index (χ1v) is 9.88. The molecule has 1 unspecified atom stereocenters. The van der Waals surface area contributed by atoms with E-state index in [1.807, 2.05) is 0 Å². The maximum Gasteiger partial charge on any atom is 0.287 e. The average Bonchev–Trinajstić information content (AvgIpc) is 3.05. The smallest absolute Gasteiger partial charge is 0.287 e. The summed E-state index contributed by atoms with van der Waals surface area (Å²) >= 11 is 0. The molecule has 0 spiro atoms. The highest BCUT2D eigenvalue weighted by molar-refractivity contribution is 6.03. The molecule has 4 nitrogen and oxygen atoms in total. The molecule has 2 aromatic carbocycles. The van der Waals surface area contributed by atoms with Crippen molar-refractivity contribution in [1.29, 1.82) is 0 Å². The molecule has 4 rings (SSSR count). The molecular weight excluding hydrogens is 388 g/mol. The number of hydrogen-bond donors (Lipinski definition) is 1. The van der Waals surface area contributed by atoms with Crippen molar-refractivity contribution in [2.24, 2.45) is 0 Å². The number of ketones is 1. The van der Waals surface area contributed by atoms with E-state index in [1.165, 1.54) is 24.3 Å². The Bertz CT molecular complexity index is 1120. The summed E-state index contributed by atoms with van der Waals surface area (Å²) in [7, 11) is 0. The SMILES string of the molecule is Cc1c(C(=O)NC(Cc2cccc(F)c2)c2cccc(F)c2)oc2c1C(=O)CCC2. The second-order valence-electron chi connectivity index (χ2n) is 7.55. The number of hydrogen-bond acceptors (Lipinski definition) is 3. The molecule has 0 fully saturated rings. The molecule has 1 aliphatic carbocycles. The first-order chi connectivity index (χ1) is 14.4. The molecule has 1 N–H and O–H groups in total. The van der Waals surface area contributed by atoms with Gasteiger partial charge in [-0.1, -0.05) is 24.3 Å². The summed E-state index contributed by atoms with van der Waals surface area (Å²) in [6.07, 6.45) is 2.03. The third-order valence-electron chi connectivity index (χ3n) is 5.40. The first kappa shape index (κ1) is 20.0. The van der Waals surface area contributed by atoms with Crippen LogP contribution in [0.25, 0.3) is 0 Å². The van der Waals surface area contributed by atoms with Gasteiger partial charge in [0.05, 0.1) is 11.6 Å². The van der Waals surface area contributed by atoms with Crippen LogP contribution in [0, 0.1) is 18.6 Å². The zero-order valence-corrected chi connectivity index (χ0v) is 16.5. The number of benzene rings is 2. The predicted octanol–water partition coefficient (Wildman–Crippen LogP) is 5.10. The molecule has 0 radical (unpaired) electrons. The Morgan fingerprint density at radius 3 is 2.53 bits per heavy atom. The fraction of sp³-hybridized carbons (Fsp3) is 0.250. The Kier molecular flexibility index (Phi) is 5.48. The summed E-state index contributed by atoms with van der Waals surface area (Å²) in [6.45, 7) is 1.70. The minimum atomic E-state index is -0.604. The molecule has 1 aromatic heterocycles. The van der Waals surface area contributed by atoms with Crippen molar-refractivity contribution >= 4 is 11.7 Å². The van der Waals surface area contributed by atoms with Gasteiger partial charge in [-0.05, 0) is 55.2 Å². The van der Waals surface area contributed by atoms with Crippen molar-refractivity contribution in [2.45, 2.75) is 38.6 Å². The van der Waals surface area contributed by atoms with Gasteiger partial charge in [0.1, 0.15) is 17.4 Å². The largest absolute Gasteiger partial charge is 0.455 e. The van der Waals surface area contributed by atoms with E-state index >= 15 is 0 Å². The van der Waals surface area contributed by atoms with Gasteiger partial charge in [0.25, 0.3) is 5.91 Å². The van der Waals surface area contributed by atoms with Gasteiger partial charge in [-0.3, -0.25) is 9.59 Å². The Morgan fingerprint density at radius 1 is 1.10 bits per heavy atom. The van der Waals surface area contributed by atoms with Crippen LogP contribution in [0.5, 0.6) is 0 Å². The summed E-state index contributed by atoms with van der Waals surface area (Å²) in [5.41, 5.74) is 2.24. The van der Waals surface area contributed by atoms with Crippen LogP contribution in [0.2, 0.25) is 0 Å². The third kappa shape index (κ3) is 4.03. The molecule has 30 heavy (non-hydrogen) atoms. The monoisotopic (exact) mass is 409 g/mol. The van der Waals surface area contributed by atoms with E-state index in [2.05, 4.69) is 5.32 Å². The Labute approximate surface area is 172 Å². The minimum Gasteiger partial charge on any atom is -0.455 e. The number of carbonyl (C=O) groups is 2. The summed E-state index contributed by atoms with van der Waals surface area (Å²) in [5.74, 6) is -0.679. The van der Waals surface area contributed by atoms with Crippen molar-refractivity contribution in [3.05, 3.63) is 93.9 Å². The first-order valence-electron chi connectivity index (χ1n) is 9.88. The summed E-state index contributed by atoms with van der Waals surface area (Å²) in [6, 6.07) is 11.4. The predicted molar refractivity (Wildman–Crippen MR) is 107 cm³/mol. The topological polar surface area (TPSA) is 59.3 Å². The molecule has 0 bridgehead atoms. The van der Waals surface area contributed by atoms with Gasteiger partial charge in [0, 0.05) is 18.4 Å². The third-order valence-corrected chi connectivity index (χ3v) is 5.40. The van der Waals surface area contributed by atoms with E-state index < -0.39 is 17.8 Å². The van der Waals surface area contributed by atoms with Crippen molar-refractivity contribution in [3.63, 3.8) is 0 Å². The number of furan rings is 1. The fourth-order valence-electron chi connectivity index (χ4n) is 3.96. The van der Waals surface area contributed by atoms with Crippen LogP contribution < -0.4 is 5.32 Å². The van der Waals surface area contributed by atoms with Crippen molar-refractivity contribution < 1.29 is 22.8 Å². The van der Waals surface area contributed by atoms with E-state index in [9.17, 15) is 18.4 Å². The highest BCUT2D eigenvalue weighted by Gasteiger charge is 2.30. The molecule has 1 heterocycles. The second-order valence-corrected chi connectivity index (χ2v) is 7.55. The number of amides is 1. The van der Waals surface area contributed by atoms with E-state index in [4.69, 9.17) is 4.42 Å². The second kappa shape index (κ2) is 8.22. The number of rotatable bonds is 5. The highest BCUT2D eigenvalue weighted by atomic mass is 19.1. The summed E-state index contributed by atoms with van der Waals surface area (Å²) in [5, 5.41) is 2.88. The molecule has 1 atom stereocenters. The van der Waals surface area contributed by atoms with E-state index in [0.29, 0.717) is 47.3 Å². The maximum atomic E-state index is 13.8. The van der Waals surface area contributed by atoms with Gasteiger partial charge < -0.3 is 9.73 Å². The lowest BCUT2D eigenvalue weighted by molar-refractivity contribution is 0.0902. The van der Waals surface area contributed by atoms with Crippen molar-refractivity contribution in [2.75, 3.05) is 0 Å². The van der Waals surface area contributed by atoms with Gasteiger partial charge in [-0.2, -0.15) is 0 Å². The molecule has 1 aliphatic rings. The van der Waals surface area contributed by atoms with Gasteiger partial charge in [0.2, 0.25) is 0 Å². The van der Waals surface area contributed by atoms with Crippen molar-refractivity contribution in [3.8, 4) is 0 Å². The number of halogens is 2. The highest BCUT2D eigenvalue weighted by Crippen LogP contribution is 2.30. The fourth-order valence-corrected chi connectivity index (χ4v) is 3.96. The van der Waals surface area contributed by atoms with Gasteiger partial charge in [-0.15, -0.1) is 0 Å². The van der Waals surface area contributed by atoms with E-state index in [-0.39, 0.29) is 23.8 Å². The zero-order chi connectivity index (χ0) is 21.3. The van der Waals surface area contributed by atoms with Gasteiger partial charge in [0.15, 0.2) is 11.5 Å². The van der Waals surface area contributed by atoms with Crippen LogP contribution in [-0.2, 0) is 12.8 Å². The molecule has 1 amide bonds. The van der Waals surface area contributed by atoms with Crippen molar-refractivity contribution in [1.82, 2.24) is 5.32 Å². The van der Waals surface area contributed by atoms with Crippen LogP contribution in [0.4, 0.5) is 8.78 Å². The van der Waals surface area contributed by atoms with Gasteiger partial charge in [-0.25, -0.2) is 8.78 Å². The molecule has 6 heteroatoms. The quantitative estimate of drug-likeness (QED) is 0.638. The molecular formula is C24H21F2NO3. The average molecular weight is 409 g/mol. The lowest BCUT2D eigenvalue weighted by Crippen LogP contribution is -2.30. The molecule has 0 saturated carbocycles. The summed E-state index contributed by atoms with van der Waals surface area (Å²) in [4.78, 5) is 25.3.